The molecular formula is C19H16ClN3O3. The van der Waals surface area contributed by atoms with Crippen LogP contribution in [0.15, 0.2) is 48.5 Å². The van der Waals surface area contributed by atoms with E-state index in [9.17, 15) is 9.59 Å². The third kappa shape index (κ3) is 2.99. The second kappa shape index (κ2) is 6.38. The Morgan fingerprint density at radius 2 is 2.00 bits per heavy atom. The first kappa shape index (κ1) is 16.5. The highest BCUT2D eigenvalue weighted by atomic mass is 35.5. The second-order valence-corrected chi connectivity index (χ2v) is 6.61. The SMILES string of the molecule is C[C@@H]1Oc2ccccc2NC(=O)[C@@H]1NC(=O)c1cc2cc(Cl)ccc2[nH]1. The molecule has 0 bridgehead atoms. The highest BCUT2D eigenvalue weighted by molar-refractivity contribution is 6.31. The highest BCUT2D eigenvalue weighted by Gasteiger charge is 2.32. The molecule has 3 aromatic rings. The third-order valence-corrected chi connectivity index (χ3v) is 4.56. The maximum absolute atomic E-state index is 12.6. The number of hydrogen-bond acceptors (Lipinski definition) is 3. The summed E-state index contributed by atoms with van der Waals surface area (Å²) in [6.07, 6.45) is -0.526. The zero-order valence-corrected chi connectivity index (χ0v) is 14.6. The van der Waals surface area contributed by atoms with Crippen molar-refractivity contribution in [2.45, 2.75) is 19.1 Å². The summed E-state index contributed by atoms with van der Waals surface area (Å²) in [5, 5.41) is 6.95. The van der Waals surface area contributed by atoms with Crippen LogP contribution in [0.4, 0.5) is 5.69 Å². The number of benzene rings is 2. The Morgan fingerprint density at radius 3 is 2.85 bits per heavy atom. The number of para-hydroxylation sites is 2. The number of H-pyrrole nitrogens is 1. The minimum absolute atomic E-state index is 0.324. The Morgan fingerprint density at radius 1 is 1.19 bits per heavy atom. The van der Waals surface area contributed by atoms with E-state index in [2.05, 4.69) is 15.6 Å². The normalized spacial score (nSPS) is 19.2. The summed E-state index contributed by atoms with van der Waals surface area (Å²) in [5.74, 6) is -0.140. The Kier molecular flexibility index (Phi) is 4.05. The van der Waals surface area contributed by atoms with E-state index in [0.29, 0.717) is 22.2 Å². The number of halogens is 1. The van der Waals surface area contributed by atoms with Gasteiger partial charge in [0.05, 0.1) is 5.69 Å². The van der Waals surface area contributed by atoms with Gasteiger partial charge in [0.15, 0.2) is 0 Å². The molecule has 132 valence electrons. The van der Waals surface area contributed by atoms with Crippen molar-refractivity contribution in [2.24, 2.45) is 0 Å². The molecule has 0 fully saturated rings. The quantitative estimate of drug-likeness (QED) is 0.647. The number of aromatic nitrogens is 1. The van der Waals surface area contributed by atoms with Crippen molar-refractivity contribution in [3.05, 3.63) is 59.2 Å². The molecular weight excluding hydrogens is 354 g/mol. The number of carbonyl (C=O) groups is 2. The van der Waals surface area contributed by atoms with Crippen molar-refractivity contribution < 1.29 is 14.3 Å². The van der Waals surface area contributed by atoms with E-state index in [1.54, 1.807) is 43.3 Å². The second-order valence-electron chi connectivity index (χ2n) is 6.17. The summed E-state index contributed by atoms with van der Waals surface area (Å²) in [4.78, 5) is 28.2. The minimum Gasteiger partial charge on any atom is -0.486 e. The van der Waals surface area contributed by atoms with Gasteiger partial charge in [-0.05, 0) is 43.3 Å². The van der Waals surface area contributed by atoms with Crippen LogP contribution in [0.5, 0.6) is 5.75 Å². The van der Waals surface area contributed by atoms with Crippen molar-refractivity contribution in [1.82, 2.24) is 10.3 Å². The number of amides is 2. The van der Waals surface area contributed by atoms with Gasteiger partial charge in [-0.1, -0.05) is 23.7 Å². The third-order valence-electron chi connectivity index (χ3n) is 4.32. The lowest BCUT2D eigenvalue weighted by Gasteiger charge is -2.21. The molecule has 2 atom stereocenters. The van der Waals surface area contributed by atoms with Gasteiger partial charge < -0.3 is 20.4 Å². The summed E-state index contributed by atoms with van der Waals surface area (Å²) in [5.41, 5.74) is 1.73. The molecule has 1 aliphatic rings. The lowest BCUT2D eigenvalue weighted by atomic mass is 10.1. The van der Waals surface area contributed by atoms with Crippen LogP contribution in [0.25, 0.3) is 10.9 Å². The molecule has 4 rings (SSSR count). The largest absolute Gasteiger partial charge is 0.486 e. The first-order valence-electron chi connectivity index (χ1n) is 8.17. The minimum atomic E-state index is -0.829. The average Bonchev–Trinajstić information content (AvgIpc) is 2.99. The van der Waals surface area contributed by atoms with Gasteiger partial charge in [0.2, 0.25) is 0 Å². The molecule has 2 aromatic carbocycles. The van der Waals surface area contributed by atoms with E-state index >= 15 is 0 Å². The first-order valence-corrected chi connectivity index (χ1v) is 8.55. The van der Waals surface area contributed by atoms with Crippen molar-refractivity contribution in [3.8, 4) is 5.75 Å². The number of aromatic amines is 1. The molecule has 2 heterocycles. The standard InChI is InChI=1S/C19H16ClN3O3/c1-10-17(19(25)22-14-4-2-3-5-16(14)26-10)23-18(24)15-9-11-8-12(20)6-7-13(11)21-15/h2-10,17,21H,1H3,(H,22,25)(H,23,24)/t10-,17+/m0/s1. The lowest BCUT2D eigenvalue weighted by Crippen LogP contribution is -2.50. The average molecular weight is 370 g/mol. The Labute approximate surface area is 154 Å². The van der Waals surface area contributed by atoms with Gasteiger partial charge in [0.1, 0.15) is 23.6 Å². The van der Waals surface area contributed by atoms with Crippen molar-refractivity contribution >= 4 is 40.0 Å². The zero-order chi connectivity index (χ0) is 18.3. The first-order chi connectivity index (χ1) is 12.5. The van der Waals surface area contributed by atoms with Gasteiger partial charge in [-0.15, -0.1) is 0 Å². The lowest BCUT2D eigenvalue weighted by molar-refractivity contribution is -0.119. The van der Waals surface area contributed by atoms with E-state index in [0.717, 1.165) is 10.9 Å². The predicted octanol–water partition coefficient (Wildman–Crippen LogP) is 3.34. The summed E-state index contributed by atoms with van der Waals surface area (Å²) in [6.45, 7) is 1.75. The van der Waals surface area contributed by atoms with Crippen LogP contribution in [-0.4, -0.2) is 28.9 Å². The summed E-state index contributed by atoms with van der Waals surface area (Å²) < 4.78 is 5.83. The van der Waals surface area contributed by atoms with Gasteiger partial charge in [0, 0.05) is 15.9 Å². The molecule has 2 amide bonds. The molecule has 0 saturated carbocycles. The number of fused-ring (bicyclic) bond motifs is 2. The monoisotopic (exact) mass is 369 g/mol. The maximum atomic E-state index is 12.6. The molecule has 0 unspecified atom stereocenters. The smallest absolute Gasteiger partial charge is 0.268 e. The van der Waals surface area contributed by atoms with Crippen molar-refractivity contribution in [2.75, 3.05) is 5.32 Å². The number of carbonyl (C=O) groups excluding carboxylic acids is 2. The van der Waals surface area contributed by atoms with Gasteiger partial charge in [-0.3, -0.25) is 9.59 Å². The zero-order valence-electron chi connectivity index (χ0n) is 13.9. The fraction of sp³-hybridized carbons (Fsp3) is 0.158. The summed E-state index contributed by atoms with van der Waals surface area (Å²) in [7, 11) is 0. The van der Waals surface area contributed by atoms with Gasteiger partial charge >= 0.3 is 0 Å². The summed E-state index contributed by atoms with van der Waals surface area (Å²) >= 11 is 5.98. The van der Waals surface area contributed by atoms with Crippen LogP contribution in [0.1, 0.15) is 17.4 Å². The molecule has 1 aromatic heterocycles. The van der Waals surface area contributed by atoms with Crippen LogP contribution in [0, 0.1) is 0 Å². The number of rotatable bonds is 2. The molecule has 3 N–H and O–H groups in total. The Bertz CT molecular complexity index is 1010. The molecule has 0 radical (unpaired) electrons. The molecule has 7 heteroatoms. The molecule has 6 nitrogen and oxygen atoms in total. The van der Waals surface area contributed by atoms with Gasteiger partial charge in [-0.2, -0.15) is 0 Å². The van der Waals surface area contributed by atoms with E-state index in [-0.39, 0.29) is 11.8 Å². The topological polar surface area (TPSA) is 83.2 Å². The fourth-order valence-corrected chi connectivity index (χ4v) is 3.17. The fourth-order valence-electron chi connectivity index (χ4n) is 2.99. The van der Waals surface area contributed by atoms with Crippen LogP contribution in [0.3, 0.4) is 0 Å². The van der Waals surface area contributed by atoms with Crippen LogP contribution in [0.2, 0.25) is 5.02 Å². The number of ether oxygens (including phenoxy) is 1. The van der Waals surface area contributed by atoms with E-state index in [4.69, 9.17) is 16.3 Å². The highest BCUT2D eigenvalue weighted by Crippen LogP contribution is 2.28. The van der Waals surface area contributed by atoms with Crippen LogP contribution < -0.4 is 15.4 Å². The van der Waals surface area contributed by atoms with Gasteiger partial charge in [0.25, 0.3) is 11.8 Å². The van der Waals surface area contributed by atoms with E-state index in [1.807, 2.05) is 12.1 Å². The van der Waals surface area contributed by atoms with E-state index in [1.165, 1.54) is 0 Å². The van der Waals surface area contributed by atoms with E-state index < -0.39 is 12.1 Å². The van der Waals surface area contributed by atoms with Gasteiger partial charge in [-0.25, -0.2) is 0 Å². The molecule has 0 aliphatic carbocycles. The van der Waals surface area contributed by atoms with Crippen LogP contribution >= 0.6 is 11.6 Å². The number of nitrogens with one attached hydrogen (secondary N) is 3. The molecule has 1 aliphatic heterocycles. The van der Waals surface area contributed by atoms with Crippen LogP contribution in [-0.2, 0) is 4.79 Å². The number of anilines is 1. The van der Waals surface area contributed by atoms with Crippen molar-refractivity contribution in [3.63, 3.8) is 0 Å². The maximum Gasteiger partial charge on any atom is 0.268 e. The predicted molar refractivity (Wildman–Crippen MR) is 99.7 cm³/mol. The molecule has 26 heavy (non-hydrogen) atoms. The molecule has 0 saturated heterocycles. The van der Waals surface area contributed by atoms with Crippen molar-refractivity contribution in [1.29, 1.82) is 0 Å². The summed E-state index contributed by atoms with van der Waals surface area (Å²) in [6, 6.07) is 13.3. The molecule has 0 spiro atoms. The Balaban J connectivity index is 1.57. The number of hydrogen-bond donors (Lipinski definition) is 3. The Hall–Kier alpha value is -2.99.